The number of rotatable bonds is 5. The smallest absolute Gasteiger partial charge is 0.193 e. The van der Waals surface area contributed by atoms with Crippen LogP contribution in [0.1, 0.15) is 47.7 Å². The van der Waals surface area contributed by atoms with Gasteiger partial charge in [-0.3, -0.25) is 4.79 Å². The van der Waals surface area contributed by atoms with E-state index in [1.54, 1.807) is 0 Å². The maximum absolute atomic E-state index is 12.4. The number of Topliss-reactive ketones (excluding diaryl/α,β-unsaturated/α-hetero) is 1. The first-order valence-corrected chi connectivity index (χ1v) is 7.02. The van der Waals surface area contributed by atoms with Gasteiger partial charge in [-0.1, -0.05) is 75.0 Å². The minimum absolute atomic E-state index is 0.00750. The SMILES string of the molecule is C=C(C(=O)c1ccc(C(C)CC)cc1)c1ccccc1. The topological polar surface area (TPSA) is 17.1 Å². The van der Waals surface area contributed by atoms with Gasteiger partial charge < -0.3 is 0 Å². The molecule has 0 saturated carbocycles. The van der Waals surface area contributed by atoms with E-state index in [-0.39, 0.29) is 5.78 Å². The van der Waals surface area contributed by atoms with Gasteiger partial charge in [0.15, 0.2) is 5.78 Å². The van der Waals surface area contributed by atoms with Crippen molar-refractivity contribution in [3.05, 3.63) is 77.9 Å². The second kappa shape index (κ2) is 6.33. The van der Waals surface area contributed by atoms with E-state index in [4.69, 9.17) is 0 Å². The average Bonchev–Trinajstić information content (AvgIpc) is 2.53. The van der Waals surface area contributed by atoms with Crippen LogP contribution in [0.5, 0.6) is 0 Å². The molecule has 0 saturated heterocycles. The molecule has 1 unspecified atom stereocenters. The maximum Gasteiger partial charge on any atom is 0.193 e. The molecular weight excluding hydrogens is 244 g/mol. The molecule has 2 aromatic rings. The normalized spacial score (nSPS) is 11.9. The first-order chi connectivity index (χ1) is 9.63. The van der Waals surface area contributed by atoms with Crippen LogP contribution in [0.15, 0.2) is 61.2 Å². The fourth-order valence-corrected chi connectivity index (χ4v) is 2.14. The van der Waals surface area contributed by atoms with Crippen molar-refractivity contribution < 1.29 is 4.79 Å². The Kier molecular flexibility index (Phi) is 4.52. The molecule has 102 valence electrons. The summed E-state index contributed by atoms with van der Waals surface area (Å²) in [5.74, 6) is 0.517. The highest BCUT2D eigenvalue weighted by Gasteiger charge is 2.12. The van der Waals surface area contributed by atoms with E-state index in [1.807, 2.05) is 54.6 Å². The first-order valence-electron chi connectivity index (χ1n) is 7.02. The number of hydrogen-bond acceptors (Lipinski definition) is 1. The molecule has 1 nitrogen and oxygen atoms in total. The second-order valence-corrected chi connectivity index (χ2v) is 5.11. The van der Waals surface area contributed by atoms with Crippen molar-refractivity contribution in [2.75, 3.05) is 0 Å². The molecule has 0 N–H and O–H groups in total. The lowest BCUT2D eigenvalue weighted by atomic mass is 9.94. The molecule has 2 aromatic carbocycles. The van der Waals surface area contributed by atoms with Gasteiger partial charge >= 0.3 is 0 Å². The summed E-state index contributed by atoms with van der Waals surface area (Å²) in [7, 11) is 0. The van der Waals surface area contributed by atoms with Crippen LogP contribution in [0.4, 0.5) is 0 Å². The molecule has 1 heteroatoms. The molecule has 20 heavy (non-hydrogen) atoms. The van der Waals surface area contributed by atoms with Crippen molar-refractivity contribution in [2.24, 2.45) is 0 Å². The largest absolute Gasteiger partial charge is 0.289 e. The monoisotopic (exact) mass is 264 g/mol. The van der Waals surface area contributed by atoms with Gasteiger partial charge in [-0.2, -0.15) is 0 Å². The van der Waals surface area contributed by atoms with E-state index < -0.39 is 0 Å². The number of carbonyl (C=O) groups is 1. The standard InChI is InChI=1S/C19H20O/c1-4-14(2)16-10-12-18(13-11-16)19(20)15(3)17-8-6-5-7-9-17/h5-14H,3-4H2,1-2H3. The number of hydrogen-bond donors (Lipinski definition) is 0. The van der Waals surface area contributed by atoms with Crippen molar-refractivity contribution in [3.63, 3.8) is 0 Å². The number of ketones is 1. The Bertz CT molecular complexity index is 593. The van der Waals surface area contributed by atoms with Crippen molar-refractivity contribution in [3.8, 4) is 0 Å². The van der Waals surface area contributed by atoms with Gasteiger partial charge in [0.2, 0.25) is 0 Å². The van der Waals surface area contributed by atoms with E-state index >= 15 is 0 Å². The highest BCUT2D eigenvalue weighted by atomic mass is 16.1. The van der Waals surface area contributed by atoms with Gasteiger partial charge in [-0.25, -0.2) is 0 Å². The lowest BCUT2D eigenvalue weighted by Crippen LogP contribution is -2.02. The number of allylic oxidation sites excluding steroid dienone is 1. The van der Waals surface area contributed by atoms with Crippen LogP contribution >= 0.6 is 0 Å². The van der Waals surface area contributed by atoms with Crippen molar-refractivity contribution in [1.29, 1.82) is 0 Å². The highest BCUT2D eigenvalue weighted by molar-refractivity contribution is 6.28. The van der Waals surface area contributed by atoms with E-state index in [0.29, 0.717) is 17.1 Å². The zero-order valence-corrected chi connectivity index (χ0v) is 12.1. The predicted molar refractivity (Wildman–Crippen MR) is 85.0 cm³/mol. The zero-order valence-electron chi connectivity index (χ0n) is 12.1. The summed E-state index contributed by atoms with van der Waals surface area (Å²) in [4.78, 5) is 12.4. The molecule has 0 spiro atoms. The van der Waals surface area contributed by atoms with E-state index in [2.05, 4.69) is 20.4 Å². The molecule has 0 aliphatic heterocycles. The molecule has 0 amide bonds. The van der Waals surface area contributed by atoms with Gasteiger partial charge in [0.1, 0.15) is 0 Å². The Balaban J connectivity index is 2.20. The summed E-state index contributed by atoms with van der Waals surface area (Å²) in [5.41, 5.74) is 3.39. The van der Waals surface area contributed by atoms with Gasteiger partial charge in [0, 0.05) is 11.1 Å². The predicted octanol–water partition coefficient (Wildman–Crippen LogP) is 5.10. The third-order valence-corrected chi connectivity index (χ3v) is 3.75. The average molecular weight is 264 g/mol. The van der Waals surface area contributed by atoms with Crippen molar-refractivity contribution in [2.45, 2.75) is 26.2 Å². The van der Waals surface area contributed by atoms with Crippen LogP contribution in [0.2, 0.25) is 0 Å². The summed E-state index contributed by atoms with van der Waals surface area (Å²) in [6, 6.07) is 17.5. The number of carbonyl (C=O) groups excluding carboxylic acids is 1. The molecule has 0 aliphatic carbocycles. The zero-order chi connectivity index (χ0) is 14.5. The summed E-state index contributed by atoms with van der Waals surface area (Å²) in [6.45, 7) is 8.29. The lowest BCUT2D eigenvalue weighted by Gasteiger charge is -2.10. The molecule has 0 fully saturated rings. The molecule has 1 atom stereocenters. The quantitative estimate of drug-likeness (QED) is 0.542. The first kappa shape index (κ1) is 14.3. The van der Waals surface area contributed by atoms with Gasteiger partial charge in [-0.15, -0.1) is 0 Å². The molecule has 0 aliphatic rings. The summed E-state index contributed by atoms with van der Waals surface area (Å²) < 4.78 is 0. The van der Waals surface area contributed by atoms with Crippen LogP contribution in [-0.4, -0.2) is 5.78 Å². The third-order valence-electron chi connectivity index (χ3n) is 3.75. The number of benzene rings is 2. The summed E-state index contributed by atoms with van der Waals surface area (Å²) in [6.07, 6.45) is 1.10. The second-order valence-electron chi connectivity index (χ2n) is 5.11. The van der Waals surface area contributed by atoms with Crippen LogP contribution in [-0.2, 0) is 0 Å². The van der Waals surface area contributed by atoms with Crippen molar-refractivity contribution in [1.82, 2.24) is 0 Å². The lowest BCUT2D eigenvalue weighted by molar-refractivity contribution is 0.105. The maximum atomic E-state index is 12.4. The molecular formula is C19H20O. The molecule has 2 rings (SSSR count). The Morgan fingerprint density at radius 1 is 1.00 bits per heavy atom. The van der Waals surface area contributed by atoms with Crippen LogP contribution in [0.25, 0.3) is 5.57 Å². The van der Waals surface area contributed by atoms with Crippen LogP contribution < -0.4 is 0 Å². The van der Waals surface area contributed by atoms with Crippen molar-refractivity contribution >= 4 is 11.4 Å². The van der Waals surface area contributed by atoms with Gasteiger partial charge in [0.05, 0.1) is 0 Å². The third kappa shape index (κ3) is 3.05. The Morgan fingerprint density at radius 2 is 1.60 bits per heavy atom. The molecule has 0 bridgehead atoms. The highest BCUT2D eigenvalue weighted by Crippen LogP contribution is 2.22. The Labute approximate surface area is 121 Å². The van der Waals surface area contributed by atoms with Crippen LogP contribution in [0, 0.1) is 0 Å². The fraction of sp³-hybridized carbons (Fsp3) is 0.211. The van der Waals surface area contributed by atoms with E-state index in [9.17, 15) is 4.79 Å². The molecule has 0 radical (unpaired) electrons. The van der Waals surface area contributed by atoms with Gasteiger partial charge in [-0.05, 0) is 23.5 Å². The minimum atomic E-state index is -0.00750. The van der Waals surface area contributed by atoms with E-state index in [0.717, 1.165) is 12.0 Å². The minimum Gasteiger partial charge on any atom is -0.289 e. The Hall–Kier alpha value is -2.15. The van der Waals surface area contributed by atoms with Crippen LogP contribution in [0.3, 0.4) is 0 Å². The van der Waals surface area contributed by atoms with E-state index in [1.165, 1.54) is 5.56 Å². The van der Waals surface area contributed by atoms with Gasteiger partial charge in [0.25, 0.3) is 0 Å². The molecule has 0 aromatic heterocycles. The molecule has 0 heterocycles. The Morgan fingerprint density at radius 3 is 2.15 bits per heavy atom. The fourth-order valence-electron chi connectivity index (χ4n) is 2.14. The summed E-state index contributed by atoms with van der Waals surface area (Å²) >= 11 is 0. The summed E-state index contributed by atoms with van der Waals surface area (Å²) in [5, 5.41) is 0.